The summed E-state index contributed by atoms with van der Waals surface area (Å²) in [5.74, 6) is 1.42. The third-order valence-electron chi connectivity index (χ3n) is 2.59. The van der Waals surface area contributed by atoms with E-state index in [1.807, 2.05) is 18.2 Å². The van der Waals surface area contributed by atoms with E-state index in [4.69, 9.17) is 20.5 Å². The third-order valence-corrected chi connectivity index (χ3v) is 3.71. The molecule has 0 aliphatic carbocycles. The minimum absolute atomic E-state index is 0.237. The molecule has 0 atom stereocenters. The summed E-state index contributed by atoms with van der Waals surface area (Å²) in [5, 5.41) is 9.83. The Kier molecular flexibility index (Phi) is 2.63. The lowest BCUT2D eigenvalue weighted by Gasteiger charge is -2.00. The molecule has 0 amide bonds. The first kappa shape index (κ1) is 11.0. The average Bonchev–Trinajstić information content (AvgIpc) is 3.03. The van der Waals surface area contributed by atoms with Crippen LogP contribution in [0.5, 0.6) is 11.5 Å². The SMILES string of the molecule is N#Cc1nc(CN)sc1-c1ccc2c(c1)OCO2. The van der Waals surface area contributed by atoms with Crippen molar-refractivity contribution in [2.45, 2.75) is 6.54 Å². The van der Waals surface area contributed by atoms with E-state index in [0.29, 0.717) is 18.0 Å². The van der Waals surface area contributed by atoms with Crippen molar-refractivity contribution < 1.29 is 9.47 Å². The summed E-state index contributed by atoms with van der Waals surface area (Å²) in [6.07, 6.45) is 0. The van der Waals surface area contributed by atoms with Crippen LogP contribution in [-0.2, 0) is 6.54 Å². The Bertz CT molecular complexity index is 645. The van der Waals surface area contributed by atoms with Crippen LogP contribution in [0, 0.1) is 11.3 Å². The number of aromatic nitrogens is 1. The molecule has 90 valence electrons. The van der Waals surface area contributed by atoms with E-state index >= 15 is 0 Å². The van der Waals surface area contributed by atoms with Gasteiger partial charge in [-0.1, -0.05) is 0 Å². The Balaban J connectivity index is 2.09. The van der Waals surface area contributed by atoms with Crippen molar-refractivity contribution in [1.29, 1.82) is 5.26 Å². The monoisotopic (exact) mass is 259 g/mol. The predicted molar refractivity (Wildman–Crippen MR) is 66.3 cm³/mol. The van der Waals surface area contributed by atoms with Gasteiger partial charge in [-0.15, -0.1) is 11.3 Å². The van der Waals surface area contributed by atoms with Crippen LogP contribution in [0.15, 0.2) is 18.2 Å². The zero-order chi connectivity index (χ0) is 12.5. The molecule has 0 fully saturated rings. The molecular weight excluding hydrogens is 250 g/mol. The second-order valence-electron chi connectivity index (χ2n) is 3.67. The molecule has 6 heteroatoms. The molecule has 0 saturated carbocycles. The molecule has 0 bridgehead atoms. The van der Waals surface area contributed by atoms with E-state index in [1.165, 1.54) is 11.3 Å². The van der Waals surface area contributed by atoms with Crippen LogP contribution in [-0.4, -0.2) is 11.8 Å². The quantitative estimate of drug-likeness (QED) is 0.890. The van der Waals surface area contributed by atoms with Gasteiger partial charge in [-0.05, 0) is 23.8 Å². The van der Waals surface area contributed by atoms with Crippen LogP contribution in [0.2, 0.25) is 0 Å². The summed E-state index contributed by atoms with van der Waals surface area (Å²) >= 11 is 1.43. The highest BCUT2D eigenvalue weighted by Crippen LogP contribution is 2.38. The van der Waals surface area contributed by atoms with Crippen molar-refractivity contribution in [3.8, 4) is 28.0 Å². The van der Waals surface area contributed by atoms with Gasteiger partial charge in [0.15, 0.2) is 17.2 Å². The molecule has 2 aromatic rings. The first-order valence-corrected chi connectivity index (χ1v) is 6.13. The number of nitrogens with two attached hydrogens (primary N) is 1. The van der Waals surface area contributed by atoms with Crippen LogP contribution < -0.4 is 15.2 Å². The summed E-state index contributed by atoms with van der Waals surface area (Å²) in [7, 11) is 0. The number of hydrogen-bond donors (Lipinski definition) is 1. The molecule has 0 unspecified atom stereocenters. The normalized spacial score (nSPS) is 12.4. The minimum Gasteiger partial charge on any atom is -0.454 e. The molecule has 5 nitrogen and oxygen atoms in total. The lowest BCUT2D eigenvalue weighted by molar-refractivity contribution is 0.174. The highest BCUT2D eigenvalue weighted by Gasteiger charge is 2.17. The zero-order valence-corrected chi connectivity index (χ0v) is 10.2. The van der Waals surface area contributed by atoms with E-state index in [0.717, 1.165) is 21.2 Å². The van der Waals surface area contributed by atoms with Crippen molar-refractivity contribution in [2.24, 2.45) is 5.73 Å². The van der Waals surface area contributed by atoms with Crippen molar-refractivity contribution in [1.82, 2.24) is 4.98 Å². The first-order valence-electron chi connectivity index (χ1n) is 5.31. The second-order valence-corrected chi connectivity index (χ2v) is 4.75. The van der Waals surface area contributed by atoms with E-state index in [9.17, 15) is 0 Å². The Morgan fingerprint density at radius 2 is 2.22 bits per heavy atom. The first-order chi connectivity index (χ1) is 8.81. The number of hydrogen-bond acceptors (Lipinski definition) is 6. The van der Waals surface area contributed by atoms with Gasteiger partial charge in [0.05, 0.1) is 4.88 Å². The maximum atomic E-state index is 9.08. The maximum absolute atomic E-state index is 9.08. The number of benzene rings is 1. The van der Waals surface area contributed by atoms with E-state index in [-0.39, 0.29) is 6.79 Å². The molecule has 3 rings (SSSR count). The van der Waals surface area contributed by atoms with Crippen molar-refractivity contribution >= 4 is 11.3 Å². The molecule has 2 N–H and O–H groups in total. The van der Waals surface area contributed by atoms with Crippen molar-refractivity contribution in [3.63, 3.8) is 0 Å². The molecule has 1 aromatic carbocycles. The van der Waals surface area contributed by atoms with Gasteiger partial charge in [-0.2, -0.15) is 5.26 Å². The second kappa shape index (κ2) is 4.29. The van der Waals surface area contributed by atoms with E-state index < -0.39 is 0 Å². The van der Waals surface area contributed by atoms with E-state index in [1.54, 1.807) is 0 Å². The largest absolute Gasteiger partial charge is 0.454 e. The van der Waals surface area contributed by atoms with Crippen LogP contribution in [0.3, 0.4) is 0 Å². The standard InChI is InChI=1S/C12H9N3O2S/c13-4-8-12(18-11(5-14)15-8)7-1-2-9-10(3-7)17-6-16-9/h1-3H,5-6,14H2. The fourth-order valence-corrected chi connectivity index (χ4v) is 2.65. The van der Waals surface area contributed by atoms with Crippen LogP contribution >= 0.6 is 11.3 Å². The predicted octanol–water partition coefficient (Wildman–Crippen LogP) is 1.87. The van der Waals surface area contributed by atoms with Gasteiger partial charge in [0.25, 0.3) is 0 Å². The molecule has 18 heavy (non-hydrogen) atoms. The molecule has 1 aliphatic rings. The Hall–Kier alpha value is -2.10. The van der Waals surface area contributed by atoms with Crippen LogP contribution in [0.4, 0.5) is 0 Å². The molecule has 1 aromatic heterocycles. The summed E-state index contributed by atoms with van der Waals surface area (Å²) in [6, 6.07) is 7.67. The van der Waals surface area contributed by atoms with Crippen LogP contribution in [0.1, 0.15) is 10.7 Å². The van der Waals surface area contributed by atoms with Crippen molar-refractivity contribution in [3.05, 3.63) is 28.9 Å². The lowest BCUT2D eigenvalue weighted by Crippen LogP contribution is -1.94. The lowest BCUT2D eigenvalue weighted by atomic mass is 10.1. The molecule has 0 spiro atoms. The minimum atomic E-state index is 0.237. The van der Waals surface area contributed by atoms with E-state index in [2.05, 4.69) is 11.1 Å². The number of fused-ring (bicyclic) bond motifs is 1. The third kappa shape index (κ3) is 1.70. The number of thiazole rings is 1. The zero-order valence-electron chi connectivity index (χ0n) is 9.34. The fraction of sp³-hybridized carbons (Fsp3) is 0.167. The molecule has 0 radical (unpaired) electrons. The Labute approximate surface area is 107 Å². The average molecular weight is 259 g/mol. The number of nitrogens with zero attached hydrogens (tertiary/aromatic N) is 2. The Morgan fingerprint density at radius 1 is 1.39 bits per heavy atom. The van der Waals surface area contributed by atoms with Gasteiger partial charge in [-0.25, -0.2) is 4.98 Å². The summed E-state index contributed by atoms with van der Waals surface area (Å²) in [4.78, 5) is 4.99. The number of ether oxygens (including phenoxy) is 2. The van der Waals surface area contributed by atoms with Crippen molar-refractivity contribution in [2.75, 3.05) is 6.79 Å². The van der Waals surface area contributed by atoms with Gasteiger partial charge >= 0.3 is 0 Å². The topological polar surface area (TPSA) is 81.2 Å². The molecule has 1 aliphatic heterocycles. The molecular formula is C12H9N3O2S. The number of rotatable bonds is 2. The fourth-order valence-electron chi connectivity index (χ4n) is 1.76. The maximum Gasteiger partial charge on any atom is 0.231 e. The summed E-state index contributed by atoms with van der Waals surface area (Å²) in [6.45, 7) is 0.574. The van der Waals surface area contributed by atoms with Crippen LogP contribution in [0.25, 0.3) is 10.4 Å². The highest BCUT2D eigenvalue weighted by atomic mass is 32.1. The van der Waals surface area contributed by atoms with Gasteiger partial charge in [0.1, 0.15) is 11.1 Å². The Morgan fingerprint density at radius 3 is 3.00 bits per heavy atom. The highest BCUT2D eigenvalue weighted by molar-refractivity contribution is 7.15. The van der Waals surface area contributed by atoms with Gasteiger partial charge in [0.2, 0.25) is 6.79 Å². The summed E-state index contributed by atoms with van der Waals surface area (Å²) in [5.41, 5.74) is 6.85. The smallest absolute Gasteiger partial charge is 0.231 e. The summed E-state index contributed by atoms with van der Waals surface area (Å²) < 4.78 is 10.6. The van der Waals surface area contributed by atoms with Gasteiger partial charge < -0.3 is 15.2 Å². The van der Waals surface area contributed by atoms with Gasteiger partial charge in [0, 0.05) is 6.54 Å². The number of nitriles is 1. The molecule has 2 heterocycles. The van der Waals surface area contributed by atoms with Gasteiger partial charge in [-0.3, -0.25) is 0 Å². The molecule has 0 saturated heterocycles.